The summed E-state index contributed by atoms with van der Waals surface area (Å²) >= 11 is 6.34. The van der Waals surface area contributed by atoms with E-state index in [9.17, 15) is 4.57 Å². The second-order valence-corrected chi connectivity index (χ2v) is 11.1. The Hall–Kier alpha value is -2.60. The number of halogens is 1. The van der Waals surface area contributed by atoms with Gasteiger partial charge in [-0.1, -0.05) is 23.7 Å². The normalized spacial score (nSPS) is 16.0. The van der Waals surface area contributed by atoms with E-state index < -0.39 is 13.6 Å². The third-order valence-electron chi connectivity index (χ3n) is 4.90. The van der Waals surface area contributed by atoms with Gasteiger partial charge in [0, 0.05) is 14.5 Å². The van der Waals surface area contributed by atoms with Crippen LogP contribution in [0.1, 0.15) is 13.9 Å². The van der Waals surface area contributed by atoms with Gasteiger partial charge in [0.25, 0.3) is 0 Å². The fourth-order valence-electron chi connectivity index (χ4n) is 3.38. The maximum Gasteiger partial charge on any atom is 0.229 e. The van der Waals surface area contributed by atoms with Gasteiger partial charge in [0.15, 0.2) is 5.82 Å². The minimum absolute atomic E-state index is 0.248. The lowest BCUT2D eigenvalue weighted by molar-refractivity contribution is 0.415. The number of fused-ring (bicyclic) bond motifs is 1. The van der Waals surface area contributed by atoms with E-state index in [4.69, 9.17) is 19.1 Å². The Kier molecular flexibility index (Phi) is 5.47. The molecule has 0 aliphatic carbocycles. The molecule has 9 heteroatoms. The molecule has 0 radical (unpaired) electrons. The quantitative estimate of drug-likeness (QED) is 0.467. The zero-order valence-corrected chi connectivity index (χ0v) is 19.1. The molecule has 2 heterocycles. The van der Waals surface area contributed by atoms with Crippen LogP contribution in [0.5, 0.6) is 5.75 Å². The third kappa shape index (κ3) is 4.85. The first-order valence-electron chi connectivity index (χ1n) is 10.8. The molecular weight excluding hydrogens is 433 g/mol. The van der Waals surface area contributed by atoms with Crippen LogP contribution in [0.15, 0.2) is 42.6 Å². The van der Waals surface area contributed by atoms with Crippen molar-refractivity contribution in [3.05, 3.63) is 58.7 Å². The van der Waals surface area contributed by atoms with Gasteiger partial charge in [-0.2, -0.15) is 4.98 Å². The van der Waals surface area contributed by atoms with Crippen molar-refractivity contribution >= 4 is 47.2 Å². The summed E-state index contributed by atoms with van der Waals surface area (Å²) in [5.74, 6) is 1.16. The summed E-state index contributed by atoms with van der Waals surface area (Å²) in [6.07, 6.45) is 2.17. The Balaban J connectivity index is 1.68. The van der Waals surface area contributed by atoms with Crippen LogP contribution in [0.25, 0.3) is 0 Å². The lowest BCUT2D eigenvalue weighted by Crippen LogP contribution is -2.23. The molecule has 3 N–H and O–H groups in total. The van der Waals surface area contributed by atoms with E-state index in [0.29, 0.717) is 51.8 Å². The predicted octanol–water partition coefficient (Wildman–Crippen LogP) is 4.52. The van der Waals surface area contributed by atoms with Gasteiger partial charge in [0.05, 0.1) is 24.7 Å². The molecule has 4 rings (SSSR count). The van der Waals surface area contributed by atoms with Crippen molar-refractivity contribution in [1.29, 1.82) is 0 Å². The average molecular weight is 460 g/mol. The van der Waals surface area contributed by atoms with E-state index in [0.717, 1.165) is 5.56 Å². The first-order valence-corrected chi connectivity index (χ1v) is 12.7. The number of para-hydroxylation sites is 1. The maximum absolute atomic E-state index is 12.7. The SMILES string of the molecule is [2H]C1([2H])NCCc2cc(OC)c(Nc3ncc(Cl)c(Nc4ccccc4P(C)(C)=O)n3)cc21. The van der Waals surface area contributed by atoms with Crippen molar-refractivity contribution in [1.82, 2.24) is 15.3 Å². The number of rotatable bonds is 6. The van der Waals surface area contributed by atoms with Crippen LogP contribution in [-0.4, -0.2) is 37.0 Å². The van der Waals surface area contributed by atoms with E-state index >= 15 is 0 Å². The molecule has 0 saturated heterocycles. The van der Waals surface area contributed by atoms with Crippen molar-refractivity contribution in [3.8, 4) is 5.75 Å². The molecule has 0 unspecified atom stereocenters. The van der Waals surface area contributed by atoms with Crippen LogP contribution < -0.4 is 26.0 Å². The van der Waals surface area contributed by atoms with Gasteiger partial charge in [0.2, 0.25) is 5.95 Å². The average Bonchev–Trinajstić information content (AvgIpc) is 2.75. The zero-order chi connectivity index (χ0) is 23.8. The van der Waals surface area contributed by atoms with Gasteiger partial charge in [0.1, 0.15) is 17.9 Å². The second-order valence-electron chi connectivity index (χ2n) is 7.52. The summed E-state index contributed by atoms with van der Waals surface area (Å²) in [6.45, 7) is 2.31. The maximum atomic E-state index is 12.7. The molecule has 2 aromatic carbocycles. The van der Waals surface area contributed by atoms with Crippen LogP contribution in [0.2, 0.25) is 5.02 Å². The number of nitrogens with one attached hydrogen (secondary N) is 3. The molecule has 162 valence electrons. The molecule has 1 aromatic heterocycles. The lowest BCUT2D eigenvalue weighted by atomic mass is 10.00. The minimum Gasteiger partial charge on any atom is -0.495 e. The van der Waals surface area contributed by atoms with Gasteiger partial charge in [-0.3, -0.25) is 0 Å². The number of hydrogen-bond donors (Lipinski definition) is 3. The van der Waals surface area contributed by atoms with Crippen molar-refractivity contribution in [2.45, 2.75) is 12.9 Å². The first-order chi connectivity index (χ1) is 15.6. The highest BCUT2D eigenvalue weighted by Gasteiger charge is 2.18. The zero-order valence-electron chi connectivity index (χ0n) is 19.5. The molecule has 0 fully saturated rings. The lowest BCUT2D eigenvalue weighted by Gasteiger charge is -2.20. The highest BCUT2D eigenvalue weighted by atomic mass is 35.5. The summed E-state index contributed by atoms with van der Waals surface area (Å²) < 4.78 is 34.8. The fourth-order valence-corrected chi connectivity index (χ4v) is 4.67. The molecule has 0 atom stereocenters. The molecule has 0 bridgehead atoms. The summed E-state index contributed by atoms with van der Waals surface area (Å²) in [6, 6.07) is 10.9. The molecule has 1 aliphatic heterocycles. The summed E-state index contributed by atoms with van der Waals surface area (Å²) in [5.41, 5.74) is 2.62. The van der Waals surface area contributed by atoms with Crippen molar-refractivity contribution in [2.75, 3.05) is 37.6 Å². The number of methoxy groups -OCH3 is 1. The second kappa shape index (κ2) is 8.87. The van der Waals surface area contributed by atoms with Crippen LogP contribution in [-0.2, 0) is 17.5 Å². The van der Waals surface area contributed by atoms with Crippen LogP contribution >= 0.6 is 18.7 Å². The Labute approximate surface area is 189 Å². The number of anilines is 4. The molecule has 1 aliphatic rings. The molecule has 3 aromatic rings. The summed E-state index contributed by atoms with van der Waals surface area (Å²) in [4.78, 5) is 8.75. The molecular formula is C22H25ClN5O2P. The van der Waals surface area contributed by atoms with Gasteiger partial charge in [-0.15, -0.1) is 0 Å². The van der Waals surface area contributed by atoms with Gasteiger partial charge in [-0.05, 0) is 61.7 Å². The van der Waals surface area contributed by atoms with Gasteiger partial charge in [-0.25, -0.2) is 4.98 Å². The molecule has 7 nitrogen and oxygen atoms in total. The van der Waals surface area contributed by atoms with Crippen molar-refractivity contribution in [2.24, 2.45) is 0 Å². The van der Waals surface area contributed by atoms with Crippen LogP contribution in [0, 0.1) is 0 Å². The largest absolute Gasteiger partial charge is 0.495 e. The Morgan fingerprint density at radius 3 is 2.77 bits per heavy atom. The van der Waals surface area contributed by atoms with Gasteiger partial charge < -0.3 is 25.3 Å². The molecule has 0 spiro atoms. The predicted molar refractivity (Wildman–Crippen MR) is 128 cm³/mol. The Morgan fingerprint density at radius 1 is 1.19 bits per heavy atom. The molecule has 0 saturated carbocycles. The van der Waals surface area contributed by atoms with E-state index in [1.807, 2.05) is 30.3 Å². The minimum atomic E-state index is -2.53. The topological polar surface area (TPSA) is 88.2 Å². The van der Waals surface area contributed by atoms with E-state index in [-0.39, 0.29) is 5.95 Å². The fraction of sp³-hybridized carbons (Fsp3) is 0.273. The van der Waals surface area contributed by atoms with E-state index in [2.05, 4.69) is 25.9 Å². The highest BCUT2D eigenvalue weighted by Crippen LogP contribution is 2.39. The summed E-state index contributed by atoms with van der Waals surface area (Å²) in [7, 11) is -0.973. The first kappa shape index (κ1) is 19.1. The Bertz CT molecular complexity index is 1250. The van der Waals surface area contributed by atoms with Crippen molar-refractivity contribution in [3.63, 3.8) is 0 Å². The standard InChI is InChI=1S/C22H25ClN5O2P/c1-30-19-11-14-8-9-24-12-15(14)10-18(19)27-22-25-13-16(23)21(28-22)26-17-6-4-5-7-20(17)31(2,3)29/h4-7,10-11,13,24H,8-9,12H2,1-3H3,(H2,25,26,27,28)/i12D2. The monoisotopic (exact) mass is 459 g/mol. The summed E-state index contributed by atoms with van der Waals surface area (Å²) in [5, 5.41) is 10.2. The number of benzene rings is 2. The Morgan fingerprint density at radius 2 is 2.00 bits per heavy atom. The van der Waals surface area contributed by atoms with Crippen LogP contribution in [0.3, 0.4) is 0 Å². The smallest absolute Gasteiger partial charge is 0.229 e. The highest BCUT2D eigenvalue weighted by molar-refractivity contribution is 7.70. The van der Waals surface area contributed by atoms with E-state index in [1.165, 1.54) is 6.20 Å². The number of ether oxygens (including phenoxy) is 1. The number of hydrogen-bond acceptors (Lipinski definition) is 7. The molecule has 0 amide bonds. The van der Waals surface area contributed by atoms with Gasteiger partial charge >= 0.3 is 0 Å². The molecule has 31 heavy (non-hydrogen) atoms. The van der Waals surface area contributed by atoms with Crippen LogP contribution in [0.4, 0.5) is 23.1 Å². The number of aromatic nitrogens is 2. The van der Waals surface area contributed by atoms with E-state index in [1.54, 1.807) is 26.5 Å². The van der Waals surface area contributed by atoms with Crippen molar-refractivity contribution < 1.29 is 12.0 Å². The number of nitrogens with zero attached hydrogens (tertiary/aromatic N) is 2. The third-order valence-corrected chi connectivity index (χ3v) is 6.72.